The average Bonchev–Trinajstić information content (AvgIpc) is 3.23. The minimum Gasteiger partial charge on any atom is -0.381 e. The van der Waals surface area contributed by atoms with Crippen molar-refractivity contribution >= 4 is 11.4 Å². The molecule has 0 aliphatic carbocycles. The molecule has 3 rings (SSSR count). The summed E-state index contributed by atoms with van der Waals surface area (Å²) in [5.41, 5.74) is 5.08. The molecule has 0 fully saturated rings. The lowest BCUT2D eigenvalue weighted by atomic mass is 10.1. The summed E-state index contributed by atoms with van der Waals surface area (Å²) in [5, 5.41) is 11.0. The van der Waals surface area contributed by atoms with Crippen molar-refractivity contribution in [2.24, 2.45) is 0 Å². The van der Waals surface area contributed by atoms with E-state index in [9.17, 15) is 0 Å². The first-order valence-corrected chi connectivity index (χ1v) is 8.93. The Hall–Kier alpha value is -3.41. The molecule has 0 atom stereocenters. The molecular weight excluding hydrogens is 336 g/mol. The predicted molar refractivity (Wildman–Crippen MR) is 111 cm³/mol. The zero-order valence-corrected chi connectivity index (χ0v) is 15.5. The molecule has 2 N–H and O–H groups in total. The Labute approximate surface area is 159 Å². The summed E-state index contributed by atoms with van der Waals surface area (Å²) in [6, 6.07) is 12.3. The van der Waals surface area contributed by atoms with Crippen molar-refractivity contribution in [3.63, 3.8) is 0 Å². The van der Waals surface area contributed by atoms with E-state index in [1.54, 1.807) is 17.3 Å². The lowest BCUT2D eigenvalue weighted by Crippen LogP contribution is -2.12. The van der Waals surface area contributed by atoms with E-state index in [2.05, 4.69) is 50.5 Å². The smallest absolute Gasteiger partial charge is 0.137 e. The minimum absolute atomic E-state index is 0.713. The second-order valence-electron chi connectivity index (χ2n) is 5.99. The molecule has 0 aliphatic heterocycles. The quantitative estimate of drug-likeness (QED) is 0.565. The number of hydrogen-bond acceptors (Lipinski definition) is 5. The maximum absolute atomic E-state index is 4.69. The van der Waals surface area contributed by atoms with Crippen LogP contribution < -0.4 is 10.6 Å². The first-order chi connectivity index (χ1) is 13.3. The van der Waals surface area contributed by atoms with Crippen molar-refractivity contribution < 1.29 is 0 Å². The summed E-state index contributed by atoms with van der Waals surface area (Å²) in [7, 11) is 0. The lowest BCUT2D eigenvalue weighted by Gasteiger charge is -2.14. The zero-order chi connectivity index (χ0) is 18.9. The van der Waals surface area contributed by atoms with Gasteiger partial charge >= 0.3 is 0 Å². The fourth-order valence-electron chi connectivity index (χ4n) is 2.67. The van der Waals surface area contributed by atoms with E-state index in [4.69, 9.17) is 0 Å². The molecular formula is C21H24N6. The summed E-state index contributed by atoms with van der Waals surface area (Å²) in [6.45, 7) is 8.00. The van der Waals surface area contributed by atoms with Crippen LogP contribution in [-0.4, -0.2) is 32.8 Å². The highest BCUT2D eigenvalue weighted by molar-refractivity contribution is 5.76. The van der Waals surface area contributed by atoms with E-state index in [0.717, 1.165) is 41.3 Å². The number of pyridine rings is 1. The molecule has 0 saturated carbocycles. The Morgan fingerprint density at radius 3 is 2.78 bits per heavy atom. The summed E-state index contributed by atoms with van der Waals surface area (Å²) >= 11 is 0. The molecule has 138 valence electrons. The Kier molecular flexibility index (Phi) is 6.35. The van der Waals surface area contributed by atoms with E-state index in [1.165, 1.54) is 0 Å². The van der Waals surface area contributed by atoms with Gasteiger partial charge in [-0.05, 0) is 18.6 Å². The number of allylic oxidation sites excluding steroid dienone is 1. The molecule has 0 unspecified atom stereocenters. The van der Waals surface area contributed by atoms with Crippen LogP contribution in [0.1, 0.15) is 6.92 Å². The zero-order valence-electron chi connectivity index (χ0n) is 15.5. The van der Waals surface area contributed by atoms with Crippen LogP contribution in [0.25, 0.3) is 11.3 Å². The summed E-state index contributed by atoms with van der Waals surface area (Å²) < 4.78 is 1.80. The van der Waals surface area contributed by atoms with Crippen molar-refractivity contribution in [3.8, 4) is 11.3 Å². The summed E-state index contributed by atoms with van der Waals surface area (Å²) in [5.74, 6) is 0. The van der Waals surface area contributed by atoms with Crippen LogP contribution in [0.5, 0.6) is 0 Å². The molecule has 0 saturated heterocycles. The molecule has 6 heteroatoms. The normalized spacial score (nSPS) is 11.2. The van der Waals surface area contributed by atoms with Gasteiger partial charge in [0.2, 0.25) is 0 Å². The highest BCUT2D eigenvalue weighted by Crippen LogP contribution is 2.28. The monoisotopic (exact) mass is 360 g/mol. The van der Waals surface area contributed by atoms with Crippen LogP contribution in [0.2, 0.25) is 0 Å². The number of nitrogens with zero attached hydrogens (tertiary/aromatic N) is 4. The fourth-order valence-corrected chi connectivity index (χ4v) is 2.67. The number of anilines is 2. The third-order valence-electron chi connectivity index (χ3n) is 4.19. The van der Waals surface area contributed by atoms with Gasteiger partial charge in [-0.1, -0.05) is 49.1 Å². The molecule has 3 aromatic rings. The molecule has 0 spiro atoms. The van der Waals surface area contributed by atoms with Gasteiger partial charge < -0.3 is 10.6 Å². The average molecular weight is 360 g/mol. The molecule has 0 amide bonds. The number of hydrogen-bond donors (Lipinski definition) is 2. The summed E-state index contributed by atoms with van der Waals surface area (Å²) in [6.07, 6.45) is 9.02. The lowest BCUT2D eigenvalue weighted by molar-refractivity contribution is 0.636. The second-order valence-corrected chi connectivity index (χ2v) is 5.99. The van der Waals surface area contributed by atoms with Crippen LogP contribution in [0.15, 0.2) is 79.6 Å². The Balaban J connectivity index is 1.78. The van der Waals surface area contributed by atoms with Crippen molar-refractivity contribution in [2.75, 3.05) is 23.7 Å². The maximum Gasteiger partial charge on any atom is 0.137 e. The molecule has 27 heavy (non-hydrogen) atoms. The van der Waals surface area contributed by atoms with Crippen LogP contribution >= 0.6 is 0 Å². The fraction of sp³-hybridized carbons (Fsp3) is 0.190. The van der Waals surface area contributed by atoms with E-state index < -0.39 is 0 Å². The van der Waals surface area contributed by atoms with Crippen molar-refractivity contribution in [1.82, 2.24) is 19.7 Å². The van der Waals surface area contributed by atoms with E-state index in [-0.39, 0.29) is 0 Å². The second kappa shape index (κ2) is 9.33. The van der Waals surface area contributed by atoms with Gasteiger partial charge in [0.05, 0.1) is 29.8 Å². The van der Waals surface area contributed by atoms with Gasteiger partial charge in [0, 0.05) is 18.7 Å². The first kappa shape index (κ1) is 18.4. The molecule has 0 bridgehead atoms. The number of benzene rings is 1. The van der Waals surface area contributed by atoms with Gasteiger partial charge in [0.25, 0.3) is 0 Å². The highest BCUT2D eigenvalue weighted by Gasteiger charge is 2.08. The van der Waals surface area contributed by atoms with Crippen LogP contribution in [-0.2, 0) is 6.54 Å². The van der Waals surface area contributed by atoms with Crippen LogP contribution in [0.4, 0.5) is 11.4 Å². The van der Waals surface area contributed by atoms with Gasteiger partial charge in [0.1, 0.15) is 12.7 Å². The Morgan fingerprint density at radius 1 is 1.22 bits per heavy atom. The predicted octanol–water partition coefficient (Wildman–Crippen LogP) is 4.00. The SMILES string of the molecule is C=C/C(=C\C)CNc1cnc(-c2ccccc2)c(NCCn2cncn2)c1. The van der Waals surface area contributed by atoms with Crippen molar-refractivity contribution in [2.45, 2.75) is 13.5 Å². The Morgan fingerprint density at radius 2 is 2.07 bits per heavy atom. The maximum atomic E-state index is 4.69. The van der Waals surface area contributed by atoms with Crippen molar-refractivity contribution in [3.05, 3.63) is 79.6 Å². The topological polar surface area (TPSA) is 67.7 Å². The number of aromatic nitrogens is 4. The van der Waals surface area contributed by atoms with E-state index >= 15 is 0 Å². The largest absolute Gasteiger partial charge is 0.381 e. The molecule has 6 nitrogen and oxygen atoms in total. The Bertz CT molecular complexity index is 884. The van der Waals surface area contributed by atoms with Gasteiger partial charge in [0.15, 0.2) is 0 Å². The van der Waals surface area contributed by atoms with Gasteiger partial charge in [-0.2, -0.15) is 5.10 Å². The van der Waals surface area contributed by atoms with Gasteiger partial charge in [-0.3, -0.25) is 9.67 Å². The molecule has 2 aromatic heterocycles. The van der Waals surface area contributed by atoms with Crippen molar-refractivity contribution in [1.29, 1.82) is 0 Å². The highest BCUT2D eigenvalue weighted by atomic mass is 15.3. The van der Waals surface area contributed by atoms with Crippen LogP contribution in [0, 0.1) is 0 Å². The molecule has 1 aromatic carbocycles. The standard InChI is InChI=1S/C21H24N6/c1-3-17(4-2)13-24-19-12-20(23-10-11-27-16-22-15-26-27)21(25-14-19)18-8-6-5-7-9-18/h3-9,12,14-16,23-24H,1,10-11,13H2,2H3/b17-4+. The third-order valence-corrected chi connectivity index (χ3v) is 4.19. The van der Waals surface area contributed by atoms with E-state index in [0.29, 0.717) is 6.54 Å². The molecule has 0 aliphatic rings. The number of nitrogens with one attached hydrogen (secondary N) is 2. The molecule has 2 heterocycles. The molecule has 0 radical (unpaired) electrons. The van der Waals surface area contributed by atoms with Gasteiger partial charge in [-0.25, -0.2) is 4.98 Å². The minimum atomic E-state index is 0.713. The first-order valence-electron chi connectivity index (χ1n) is 8.93. The van der Waals surface area contributed by atoms with Crippen LogP contribution in [0.3, 0.4) is 0 Å². The van der Waals surface area contributed by atoms with E-state index in [1.807, 2.05) is 43.5 Å². The summed E-state index contributed by atoms with van der Waals surface area (Å²) in [4.78, 5) is 8.66. The third kappa shape index (κ3) is 5.04. The number of rotatable bonds is 9. The van der Waals surface area contributed by atoms with Gasteiger partial charge in [-0.15, -0.1) is 0 Å².